The van der Waals surface area contributed by atoms with Gasteiger partial charge in [0.2, 0.25) is 5.91 Å². The molecule has 1 saturated heterocycles. The first kappa shape index (κ1) is 19.2. The van der Waals surface area contributed by atoms with Crippen molar-refractivity contribution in [1.82, 2.24) is 10.2 Å². The number of aryl methyl sites for hydroxylation is 1. The predicted molar refractivity (Wildman–Crippen MR) is 94.7 cm³/mol. The molecule has 1 heterocycles. The van der Waals surface area contributed by atoms with Gasteiger partial charge in [0, 0.05) is 25.6 Å². The van der Waals surface area contributed by atoms with Gasteiger partial charge in [-0.2, -0.15) is 13.2 Å². The molecule has 1 unspecified atom stereocenters. The lowest BCUT2D eigenvalue weighted by molar-refractivity contribution is -0.138. The van der Waals surface area contributed by atoms with Gasteiger partial charge in [-0.05, 0) is 62.6 Å². The Kier molecular flexibility index (Phi) is 6.22. The number of hydrogen-bond acceptors (Lipinski definition) is 2. The lowest BCUT2D eigenvalue weighted by Gasteiger charge is -2.32. The van der Waals surface area contributed by atoms with Crippen LogP contribution < -0.4 is 5.32 Å². The van der Waals surface area contributed by atoms with Crippen LogP contribution in [0, 0.1) is 5.92 Å². The molecule has 1 saturated carbocycles. The fourth-order valence-electron chi connectivity index (χ4n) is 3.75. The van der Waals surface area contributed by atoms with Crippen LogP contribution in [0.2, 0.25) is 0 Å². The van der Waals surface area contributed by atoms with E-state index in [0.717, 1.165) is 51.7 Å². The van der Waals surface area contributed by atoms with Crippen molar-refractivity contribution in [1.29, 1.82) is 0 Å². The van der Waals surface area contributed by atoms with E-state index < -0.39 is 11.7 Å². The molecule has 0 aromatic heterocycles. The molecule has 1 amide bonds. The number of nitrogens with zero attached hydrogens (tertiary/aromatic N) is 1. The molecule has 1 N–H and O–H groups in total. The second-order valence-electron chi connectivity index (χ2n) is 7.59. The summed E-state index contributed by atoms with van der Waals surface area (Å²) in [5.41, 5.74) is -0.120. The van der Waals surface area contributed by atoms with Gasteiger partial charge in [0.15, 0.2) is 0 Å². The summed E-state index contributed by atoms with van der Waals surface area (Å²) in [5, 5.41) is 3.00. The molecular weight excluding hydrogens is 341 g/mol. The lowest BCUT2D eigenvalue weighted by atomic mass is 9.90. The van der Waals surface area contributed by atoms with Gasteiger partial charge >= 0.3 is 6.18 Å². The number of halogens is 3. The van der Waals surface area contributed by atoms with Crippen molar-refractivity contribution < 1.29 is 18.0 Å². The standard InChI is InChI=1S/C20H27F3N2O/c21-20(22,23)18-6-2-1-5-16(18)8-7-15-4-3-12-25(14-15)13-11-19(26)24-17-9-10-17/h1-2,5-6,15,17H,3-4,7-14H2,(H,24,26). The quantitative estimate of drug-likeness (QED) is 0.788. The zero-order chi connectivity index (χ0) is 18.6. The average Bonchev–Trinajstić information content (AvgIpc) is 3.42. The van der Waals surface area contributed by atoms with Crippen LogP contribution in [-0.4, -0.2) is 36.5 Å². The Morgan fingerprint density at radius 3 is 2.69 bits per heavy atom. The number of piperidine rings is 1. The van der Waals surface area contributed by atoms with Gasteiger partial charge in [-0.15, -0.1) is 0 Å². The van der Waals surface area contributed by atoms with E-state index in [2.05, 4.69) is 10.2 Å². The molecule has 6 heteroatoms. The van der Waals surface area contributed by atoms with Gasteiger partial charge in [-0.3, -0.25) is 4.79 Å². The van der Waals surface area contributed by atoms with E-state index in [1.807, 2.05) is 0 Å². The molecule has 144 valence electrons. The van der Waals surface area contributed by atoms with Crippen LogP contribution in [0.4, 0.5) is 13.2 Å². The van der Waals surface area contributed by atoms with E-state index in [9.17, 15) is 18.0 Å². The Morgan fingerprint density at radius 2 is 1.96 bits per heavy atom. The monoisotopic (exact) mass is 368 g/mol. The van der Waals surface area contributed by atoms with Crippen LogP contribution in [0.1, 0.15) is 49.7 Å². The SMILES string of the molecule is O=C(CCN1CCCC(CCc2ccccc2C(F)(F)F)C1)NC1CC1. The van der Waals surface area contributed by atoms with Crippen molar-refractivity contribution in [3.05, 3.63) is 35.4 Å². The smallest absolute Gasteiger partial charge is 0.353 e. The van der Waals surface area contributed by atoms with Crippen LogP contribution >= 0.6 is 0 Å². The summed E-state index contributed by atoms with van der Waals surface area (Å²) in [5.74, 6) is 0.519. The Bertz CT molecular complexity index is 613. The van der Waals surface area contributed by atoms with Gasteiger partial charge in [0.05, 0.1) is 5.56 Å². The maximum Gasteiger partial charge on any atom is 0.416 e. The summed E-state index contributed by atoms with van der Waals surface area (Å²) in [6.45, 7) is 2.60. The Hall–Kier alpha value is -1.56. The predicted octanol–water partition coefficient (Wildman–Crippen LogP) is 4.02. The number of hydrogen-bond donors (Lipinski definition) is 1. The van der Waals surface area contributed by atoms with Crippen LogP contribution in [-0.2, 0) is 17.4 Å². The summed E-state index contributed by atoms with van der Waals surface area (Å²) in [6, 6.07) is 6.27. The minimum Gasteiger partial charge on any atom is -0.353 e. The summed E-state index contributed by atoms with van der Waals surface area (Å²) >= 11 is 0. The molecule has 2 aliphatic rings. The fraction of sp³-hybridized carbons (Fsp3) is 0.650. The van der Waals surface area contributed by atoms with E-state index in [4.69, 9.17) is 0 Å². The minimum absolute atomic E-state index is 0.119. The molecule has 1 aromatic carbocycles. The first-order chi connectivity index (χ1) is 12.4. The maximum atomic E-state index is 13.1. The van der Waals surface area contributed by atoms with Crippen molar-refractivity contribution in [2.75, 3.05) is 19.6 Å². The highest BCUT2D eigenvalue weighted by atomic mass is 19.4. The third-order valence-electron chi connectivity index (χ3n) is 5.35. The number of carbonyl (C=O) groups is 1. The van der Waals surface area contributed by atoms with Crippen LogP contribution in [0.3, 0.4) is 0 Å². The number of carbonyl (C=O) groups excluding carboxylic acids is 1. The van der Waals surface area contributed by atoms with E-state index >= 15 is 0 Å². The summed E-state index contributed by atoms with van der Waals surface area (Å²) in [6.07, 6.45) is 1.74. The molecule has 2 fully saturated rings. The van der Waals surface area contributed by atoms with Crippen LogP contribution in [0.15, 0.2) is 24.3 Å². The van der Waals surface area contributed by atoms with E-state index in [1.54, 1.807) is 12.1 Å². The van der Waals surface area contributed by atoms with Crippen molar-refractivity contribution in [3.63, 3.8) is 0 Å². The lowest BCUT2D eigenvalue weighted by Crippen LogP contribution is -2.38. The summed E-state index contributed by atoms with van der Waals surface area (Å²) in [7, 11) is 0. The molecule has 0 spiro atoms. The topological polar surface area (TPSA) is 32.3 Å². The molecule has 1 aliphatic carbocycles. The van der Waals surface area contributed by atoms with Crippen molar-refractivity contribution >= 4 is 5.91 Å². The first-order valence-corrected chi connectivity index (χ1v) is 9.58. The first-order valence-electron chi connectivity index (χ1n) is 9.58. The van der Waals surface area contributed by atoms with Crippen LogP contribution in [0.5, 0.6) is 0 Å². The highest BCUT2D eigenvalue weighted by Gasteiger charge is 2.33. The highest BCUT2D eigenvalue weighted by Crippen LogP contribution is 2.33. The molecule has 0 bridgehead atoms. The maximum absolute atomic E-state index is 13.1. The molecule has 1 aromatic rings. The number of benzene rings is 1. The zero-order valence-electron chi connectivity index (χ0n) is 15.0. The van der Waals surface area contributed by atoms with E-state index in [1.165, 1.54) is 12.1 Å². The number of rotatable bonds is 7. The third-order valence-corrected chi connectivity index (χ3v) is 5.35. The Morgan fingerprint density at radius 1 is 1.19 bits per heavy atom. The Balaban J connectivity index is 1.46. The molecular formula is C20H27F3N2O. The normalized spacial score (nSPS) is 21.6. The van der Waals surface area contributed by atoms with Gasteiger partial charge in [0.25, 0.3) is 0 Å². The highest BCUT2D eigenvalue weighted by molar-refractivity contribution is 5.76. The third kappa shape index (κ3) is 5.73. The average molecular weight is 368 g/mol. The fourth-order valence-corrected chi connectivity index (χ4v) is 3.75. The summed E-state index contributed by atoms with van der Waals surface area (Å²) in [4.78, 5) is 14.1. The van der Waals surface area contributed by atoms with Gasteiger partial charge in [0.1, 0.15) is 0 Å². The van der Waals surface area contributed by atoms with Gasteiger partial charge in [-0.1, -0.05) is 18.2 Å². The van der Waals surface area contributed by atoms with E-state index in [0.29, 0.717) is 30.4 Å². The van der Waals surface area contributed by atoms with E-state index in [-0.39, 0.29) is 5.91 Å². The summed E-state index contributed by atoms with van der Waals surface area (Å²) < 4.78 is 39.3. The molecule has 1 atom stereocenters. The zero-order valence-corrected chi connectivity index (χ0v) is 15.0. The van der Waals surface area contributed by atoms with Crippen molar-refractivity contribution in [2.45, 2.75) is 57.2 Å². The van der Waals surface area contributed by atoms with Gasteiger partial charge in [-0.25, -0.2) is 0 Å². The number of likely N-dealkylation sites (tertiary alicyclic amines) is 1. The second kappa shape index (κ2) is 8.42. The second-order valence-corrected chi connectivity index (χ2v) is 7.59. The van der Waals surface area contributed by atoms with Gasteiger partial charge < -0.3 is 10.2 Å². The number of alkyl halides is 3. The Labute approximate surface area is 152 Å². The number of nitrogens with one attached hydrogen (secondary N) is 1. The minimum atomic E-state index is -4.29. The van der Waals surface area contributed by atoms with Crippen LogP contribution in [0.25, 0.3) is 0 Å². The molecule has 3 rings (SSSR count). The largest absolute Gasteiger partial charge is 0.416 e. The number of amides is 1. The molecule has 0 radical (unpaired) electrons. The van der Waals surface area contributed by atoms with Crippen molar-refractivity contribution in [2.24, 2.45) is 5.92 Å². The molecule has 1 aliphatic heterocycles. The van der Waals surface area contributed by atoms with Crippen molar-refractivity contribution in [3.8, 4) is 0 Å². The molecule has 3 nitrogen and oxygen atoms in total. The molecule has 26 heavy (non-hydrogen) atoms.